The summed E-state index contributed by atoms with van der Waals surface area (Å²) in [4.78, 5) is 11.4. The maximum Gasteiger partial charge on any atom is 0.257 e. The molecule has 0 unspecified atom stereocenters. The quantitative estimate of drug-likeness (QED) is 0.808. The van der Waals surface area contributed by atoms with Crippen LogP contribution < -0.4 is 15.4 Å². The summed E-state index contributed by atoms with van der Waals surface area (Å²) in [6, 6.07) is 6.19. The van der Waals surface area contributed by atoms with Crippen LogP contribution >= 0.6 is 15.9 Å². The molecule has 0 aliphatic heterocycles. The molecule has 19 heavy (non-hydrogen) atoms. The summed E-state index contributed by atoms with van der Waals surface area (Å²) in [5, 5.41) is 6.05. The summed E-state index contributed by atoms with van der Waals surface area (Å²) in [7, 11) is 0. The molecule has 0 spiro atoms. The van der Waals surface area contributed by atoms with E-state index in [-0.39, 0.29) is 12.5 Å². The fourth-order valence-corrected chi connectivity index (χ4v) is 1.94. The molecule has 1 aromatic rings. The highest BCUT2D eigenvalue weighted by atomic mass is 79.9. The van der Waals surface area contributed by atoms with Gasteiger partial charge in [0.05, 0.1) is 0 Å². The van der Waals surface area contributed by atoms with Crippen molar-refractivity contribution in [2.75, 3.05) is 13.2 Å². The standard InChI is InChI=1S/C14H21BrN2O2/c1-4-16-14(18)9-19-13-6-5-12(15)7-11(13)8-17-10(2)3/h5-7,10,17H,4,8-9H2,1-3H3,(H,16,18). The highest BCUT2D eigenvalue weighted by Gasteiger charge is 2.07. The Morgan fingerprint density at radius 2 is 2.16 bits per heavy atom. The minimum absolute atomic E-state index is 0.0458. The van der Waals surface area contributed by atoms with Crippen LogP contribution in [0.2, 0.25) is 0 Å². The summed E-state index contributed by atoms with van der Waals surface area (Å²) < 4.78 is 6.56. The second kappa shape index (κ2) is 8.17. The van der Waals surface area contributed by atoms with Gasteiger partial charge in [0.25, 0.3) is 5.91 Å². The van der Waals surface area contributed by atoms with E-state index in [0.717, 1.165) is 15.8 Å². The van der Waals surface area contributed by atoms with Crippen LogP contribution in [0.25, 0.3) is 0 Å². The average Bonchev–Trinajstić information content (AvgIpc) is 2.35. The first-order chi connectivity index (χ1) is 9.02. The van der Waals surface area contributed by atoms with Crippen molar-refractivity contribution in [1.82, 2.24) is 10.6 Å². The van der Waals surface area contributed by atoms with E-state index in [1.807, 2.05) is 25.1 Å². The fraction of sp³-hybridized carbons (Fsp3) is 0.500. The van der Waals surface area contributed by atoms with Crippen LogP contribution in [0.4, 0.5) is 0 Å². The van der Waals surface area contributed by atoms with Crippen molar-refractivity contribution >= 4 is 21.8 Å². The number of halogens is 1. The van der Waals surface area contributed by atoms with E-state index in [4.69, 9.17) is 4.74 Å². The van der Waals surface area contributed by atoms with Gasteiger partial charge in [-0.25, -0.2) is 0 Å². The van der Waals surface area contributed by atoms with Crippen LogP contribution in [-0.2, 0) is 11.3 Å². The van der Waals surface area contributed by atoms with Crippen molar-refractivity contribution in [1.29, 1.82) is 0 Å². The topological polar surface area (TPSA) is 50.4 Å². The van der Waals surface area contributed by atoms with Gasteiger partial charge in [-0.15, -0.1) is 0 Å². The number of hydrogen-bond acceptors (Lipinski definition) is 3. The Morgan fingerprint density at radius 1 is 1.42 bits per heavy atom. The number of carbonyl (C=O) groups is 1. The molecule has 0 radical (unpaired) electrons. The molecule has 1 aromatic carbocycles. The van der Waals surface area contributed by atoms with Crippen molar-refractivity contribution in [2.24, 2.45) is 0 Å². The van der Waals surface area contributed by atoms with Gasteiger partial charge in [0.15, 0.2) is 6.61 Å². The molecule has 0 bridgehead atoms. The minimum atomic E-state index is -0.104. The van der Waals surface area contributed by atoms with Crippen LogP contribution in [0.1, 0.15) is 26.3 Å². The lowest BCUT2D eigenvalue weighted by atomic mass is 10.2. The van der Waals surface area contributed by atoms with Crippen LogP contribution in [0, 0.1) is 0 Å². The Hall–Kier alpha value is -1.07. The number of rotatable bonds is 7. The molecule has 0 aliphatic rings. The van der Waals surface area contributed by atoms with Crippen LogP contribution in [0.3, 0.4) is 0 Å². The van der Waals surface area contributed by atoms with Crippen molar-refractivity contribution in [3.8, 4) is 5.75 Å². The van der Waals surface area contributed by atoms with Gasteiger partial charge >= 0.3 is 0 Å². The van der Waals surface area contributed by atoms with E-state index < -0.39 is 0 Å². The molecular formula is C14H21BrN2O2. The third kappa shape index (κ3) is 6.07. The monoisotopic (exact) mass is 328 g/mol. The van der Waals surface area contributed by atoms with Gasteiger partial charge in [-0.05, 0) is 25.1 Å². The third-order valence-corrected chi connectivity index (χ3v) is 2.95. The Bertz CT molecular complexity index is 422. The van der Waals surface area contributed by atoms with Crippen molar-refractivity contribution in [3.05, 3.63) is 28.2 Å². The van der Waals surface area contributed by atoms with Crippen molar-refractivity contribution < 1.29 is 9.53 Å². The minimum Gasteiger partial charge on any atom is -0.483 e. The Kier molecular flexibility index (Phi) is 6.87. The Balaban J connectivity index is 2.67. The number of ether oxygens (including phenoxy) is 1. The fourth-order valence-electron chi connectivity index (χ4n) is 1.53. The summed E-state index contributed by atoms with van der Waals surface area (Å²) in [5.41, 5.74) is 1.03. The van der Waals surface area contributed by atoms with Gasteiger partial charge in [-0.1, -0.05) is 29.8 Å². The van der Waals surface area contributed by atoms with Crippen LogP contribution in [-0.4, -0.2) is 25.1 Å². The van der Waals surface area contributed by atoms with Crippen LogP contribution in [0.15, 0.2) is 22.7 Å². The van der Waals surface area contributed by atoms with E-state index in [9.17, 15) is 4.79 Å². The zero-order chi connectivity index (χ0) is 14.3. The third-order valence-electron chi connectivity index (χ3n) is 2.46. The summed E-state index contributed by atoms with van der Waals surface area (Å²) in [5.74, 6) is 0.635. The molecule has 1 rings (SSSR count). The molecule has 5 heteroatoms. The maximum atomic E-state index is 11.4. The van der Waals surface area contributed by atoms with E-state index >= 15 is 0 Å². The van der Waals surface area contributed by atoms with Crippen molar-refractivity contribution in [3.63, 3.8) is 0 Å². The molecule has 0 fully saturated rings. The van der Waals surface area contributed by atoms with Gasteiger partial charge in [0, 0.05) is 29.2 Å². The normalized spacial score (nSPS) is 10.6. The average molecular weight is 329 g/mol. The largest absolute Gasteiger partial charge is 0.483 e. The number of hydrogen-bond donors (Lipinski definition) is 2. The van der Waals surface area contributed by atoms with Gasteiger partial charge in [-0.3, -0.25) is 4.79 Å². The Morgan fingerprint density at radius 3 is 2.79 bits per heavy atom. The number of amides is 1. The van der Waals surface area contributed by atoms with Gasteiger partial charge in [0.2, 0.25) is 0 Å². The van der Waals surface area contributed by atoms with Crippen molar-refractivity contribution in [2.45, 2.75) is 33.4 Å². The van der Waals surface area contributed by atoms with Gasteiger partial charge in [-0.2, -0.15) is 0 Å². The first-order valence-corrected chi connectivity index (χ1v) is 7.23. The zero-order valence-electron chi connectivity index (χ0n) is 11.6. The number of benzene rings is 1. The second-order valence-electron chi connectivity index (χ2n) is 4.53. The predicted molar refractivity (Wildman–Crippen MR) is 80.3 cm³/mol. The highest BCUT2D eigenvalue weighted by molar-refractivity contribution is 9.10. The second-order valence-corrected chi connectivity index (χ2v) is 5.45. The maximum absolute atomic E-state index is 11.4. The molecule has 106 valence electrons. The molecule has 0 aromatic heterocycles. The van der Waals surface area contributed by atoms with Gasteiger partial charge < -0.3 is 15.4 Å². The SMILES string of the molecule is CCNC(=O)COc1ccc(Br)cc1CNC(C)C. The number of likely N-dealkylation sites (N-methyl/N-ethyl adjacent to an activating group) is 1. The predicted octanol–water partition coefficient (Wildman–Crippen LogP) is 2.46. The Labute approximate surface area is 123 Å². The number of nitrogens with one attached hydrogen (secondary N) is 2. The first kappa shape index (κ1) is 16.0. The molecule has 4 nitrogen and oxygen atoms in total. The smallest absolute Gasteiger partial charge is 0.257 e. The molecule has 0 atom stereocenters. The lowest BCUT2D eigenvalue weighted by molar-refractivity contribution is -0.122. The zero-order valence-corrected chi connectivity index (χ0v) is 13.2. The summed E-state index contributed by atoms with van der Waals surface area (Å²) >= 11 is 3.45. The molecule has 0 saturated carbocycles. The molecule has 0 saturated heterocycles. The first-order valence-electron chi connectivity index (χ1n) is 6.44. The number of carbonyl (C=O) groups excluding carboxylic acids is 1. The summed E-state index contributed by atoms with van der Waals surface area (Å²) in [6.45, 7) is 7.44. The van der Waals surface area contributed by atoms with Crippen LogP contribution in [0.5, 0.6) is 5.75 Å². The van der Waals surface area contributed by atoms with E-state index in [1.165, 1.54) is 0 Å². The lowest BCUT2D eigenvalue weighted by Gasteiger charge is -2.14. The summed E-state index contributed by atoms with van der Waals surface area (Å²) in [6.07, 6.45) is 0. The van der Waals surface area contributed by atoms with E-state index in [2.05, 4.69) is 40.4 Å². The lowest BCUT2D eigenvalue weighted by Crippen LogP contribution is -2.29. The molecular weight excluding hydrogens is 308 g/mol. The molecule has 1 amide bonds. The molecule has 0 aliphatic carbocycles. The van der Waals surface area contributed by atoms with E-state index in [1.54, 1.807) is 0 Å². The van der Waals surface area contributed by atoms with E-state index in [0.29, 0.717) is 19.1 Å². The molecule has 0 heterocycles. The van der Waals surface area contributed by atoms with Gasteiger partial charge in [0.1, 0.15) is 5.75 Å². The highest BCUT2D eigenvalue weighted by Crippen LogP contribution is 2.23. The molecule has 2 N–H and O–H groups in total.